The minimum Gasteiger partial charge on any atom is -0.467 e. The van der Waals surface area contributed by atoms with E-state index < -0.39 is 0 Å². The van der Waals surface area contributed by atoms with Crippen molar-refractivity contribution in [2.24, 2.45) is 0 Å². The van der Waals surface area contributed by atoms with E-state index in [0.717, 1.165) is 38.5 Å². The van der Waals surface area contributed by atoms with Gasteiger partial charge in [0.05, 0.1) is 18.3 Å². The summed E-state index contributed by atoms with van der Waals surface area (Å²) in [6.45, 7) is 0.722. The van der Waals surface area contributed by atoms with E-state index in [1.54, 1.807) is 0 Å². The Bertz CT molecular complexity index is 560. The minimum absolute atomic E-state index is 0.241. The molecule has 1 aromatic rings. The topological polar surface area (TPSA) is 55.4 Å². The third-order valence-electron chi connectivity index (χ3n) is 7.10. The van der Waals surface area contributed by atoms with Gasteiger partial charge < -0.3 is 28.4 Å². The number of rotatable bonds is 12. The first kappa shape index (κ1) is 24.6. The van der Waals surface area contributed by atoms with Crippen LogP contribution in [0.5, 0.6) is 17.2 Å². The molecule has 0 heterocycles. The van der Waals surface area contributed by atoms with Gasteiger partial charge in [0.25, 0.3) is 0 Å². The summed E-state index contributed by atoms with van der Waals surface area (Å²) in [5.41, 5.74) is 0. The third-order valence-corrected chi connectivity index (χ3v) is 7.10. The zero-order chi connectivity index (χ0) is 22.6. The molecule has 1 aromatic carbocycles. The average molecular weight is 463 g/mol. The largest absolute Gasteiger partial charge is 0.467 e. The standard InChI is InChI=1S/C27H42O6/c1-4-10-22(11-5-1)28-19-31-25-16-26(32-20-29-23-12-6-2-7-13-23)18-27(17-25)33-21-30-24-14-8-3-9-15-24/h16-18,22-24H,1-15,19-21H2. The summed E-state index contributed by atoms with van der Waals surface area (Å²) >= 11 is 0. The van der Waals surface area contributed by atoms with E-state index in [-0.39, 0.29) is 20.4 Å². The van der Waals surface area contributed by atoms with Crippen molar-refractivity contribution in [1.29, 1.82) is 0 Å². The molecule has 0 unspecified atom stereocenters. The lowest BCUT2D eigenvalue weighted by Crippen LogP contribution is -2.20. The molecule has 0 atom stereocenters. The Morgan fingerprint density at radius 1 is 0.424 bits per heavy atom. The molecule has 3 aliphatic carbocycles. The van der Waals surface area contributed by atoms with Gasteiger partial charge in [-0.2, -0.15) is 0 Å². The minimum atomic E-state index is 0.241. The van der Waals surface area contributed by atoms with Crippen molar-refractivity contribution in [3.05, 3.63) is 18.2 Å². The van der Waals surface area contributed by atoms with Crippen molar-refractivity contribution >= 4 is 0 Å². The maximum absolute atomic E-state index is 5.93. The number of hydrogen-bond acceptors (Lipinski definition) is 6. The second kappa shape index (κ2) is 14.0. The Hall–Kier alpha value is -1.50. The second-order valence-electron chi connectivity index (χ2n) is 9.71. The summed E-state index contributed by atoms with van der Waals surface area (Å²) in [6, 6.07) is 5.63. The summed E-state index contributed by atoms with van der Waals surface area (Å²) in [7, 11) is 0. The van der Waals surface area contributed by atoms with Crippen LogP contribution in [0.2, 0.25) is 0 Å². The maximum Gasteiger partial charge on any atom is 0.189 e. The molecule has 0 saturated heterocycles. The Kier molecular flexibility index (Phi) is 10.5. The van der Waals surface area contributed by atoms with Gasteiger partial charge >= 0.3 is 0 Å². The van der Waals surface area contributed by atoms with Crippen LogP contribution in [0.25, 0.3) is 0 Å². The van der Waals surface area contributed by atoms with Crippen molar-refractivity contribution in [2.45, 2.75) is 115 Å². The molecule has 0 N–H and O–H groups in total. The van der Waals surface area contributed by atoms with E-state index in [4.69, 9.17) is 28.4 Å². The lowest BCUT2D eigenvalue weighted by molar-refractivity contribution is -0.0547. The van der Waals surface area contributed by atoms with Crippen LogP contribution in [0.15, 0.2) is 18.2 Å². The quantitative estimate of drug-likeness (QED) is 0.321. The molecule has 0 spiro atoms. The molecule has 0 radical (unpaired) electrons. The third kappa shape index (κ3) is 8.99. The molecular weight excluding hydrogens is 420 g/mol. The molecule has 0 amide bonds. The van der Waals surface area contributed by atoms with Gasteiger partial charge in [-0.3, -0.25) is 0 Å². The zero-order valence-corrected chi connectivity index (χ0v) is 20.1. The monoisotopic (exact) mass is 462 g/mol. The van der Waals surface area contributed by atoms with Crippen LogP contribution >= 0.6 is 0 Å². The Balaban J connectivity index is 1.28. The molecule has 0 aliphatic heterocycles. The van der Waals surface area contributed by atoms with E-state index in [9.17, 15) is 0 Å². The fourth-order valence-corrected chi connectivity index (χ4v) is 5.09. The molecule has 3 saturated carbocycles. The molecule has 0 bridgehead atoms. The number of ether oxygens (including phenoxy) is 6. The van der Waals surface area contributed by atoms with Crippen LogP contribution in [0.1, 0.15) is 96.3 Å². The first-order chi connectivity index (χ1) is 16.3. The van der Waals surface area contributed by atoms with E-state index >= 15 is 0 Å². The van der Waals surface area contributed by atoms with Crippen molar-refractivity contribution in [2.75, 3.05) is 20.4 Å². The lowest BCUT2D eigenvalue weighted by Gasteiger charge is -2.23. The highest BCUT2D eigenvalue weighted by molar-refractivity contribution is 5.42. The van der Waals surface area contributed by atoms with E-state index in [1.807, 2.05) is 18.2 Å². The van der Waals surface area contributed by atoms with Gasteiger partial charge in [-0.25, -0.2) is 0 Å². The molecule has 3 fully saturated rings. The Morgan fingerprint density at radius 2 is 0.697 bits per heavy atom. The predicted molar refractivity (Wildman–Crippen MR) is 127 cm³/mol. The van der Waals surface area contributed by atoms with Crippen molar-refractivity contribution in [1.82, 2.24) is 0 Å². The molecular formula is C27H42O6. The van der Waals surface area contributed by atoms with Crippen LogP contribution in [0, 0.1) is 0 Å². The second-order valence-corrected chi connectivity index (χ2v) is 9.71. The molecule has 33 heavy (non-hydrogen) atoms. The zero-order valence-electron chi connectivity index (χ0n) is 20.1. The van der Waals surface area contributed by atoms with E-state index in [0.29, 0.717) is 35.6 Å². The summed E-state index contributed by atoms with van der Waals surface area (Å²) in [5, 5.41) is 0. The van der Waals surface area contributed by atoms with Crippen molar-refractivity contribution < 1.29 is 28.4 Å². The molecule has 0 aromatic heterocycles. The summed E-state index contributed by atoms with van der Waals surface area (Å²) in [6.07, 6.45) is 19.1. The van der Waals surface area contributed by atoms with Gasteiger partial charge in [-0.05, 0) is 38.5 Å². The van der Waals surface area contributed by atoms with E-state index in [1.165, 1.54) is 57.8 Å². The average Bonchev–Trinajstić information content (AvgIpc) is 2.86. The SMILES string of the molecule is c1c(OCOC2CCCCC2)cc(OCOC2CCCCC2)cc1OCOC1CCCCC1. The highest BCUT2D eigenvalue weighted by atomic mass is 16.7. The molecule has 186 valence electrons. The maximum atomic E-state index is 5.93. The first-order valence-corrected chi connectivity index (χ1v) is 13.2. The predicted octanol–water partition coefficient (Wildman–Crippen LogP) is 6.74. The fraction of sp³-hybridized carbons (Fsp3) is 0.778. The van der Waals surface area contributed by atoms with Gasteiger partial charge in [0, 0.05) is 18.2 Å². The van der Waals surface area contributed by atoms with Crippen LogP contribution in [0.4, 0.5) is 0 Å². The van der Waals surface area contributed by atoms with Crippen LogP contribution < -0.4 is 14.2 Å². The van der Waals surface area contributed by atoms with Gasteiger partial charge in [-0.1, -0.05) is 57.8 Å². The first-order valence-electron chi connectivity index (χ1n) is 13.2. The Labute approximate surface area is 199 Å². The summed E-state index contributed by atoms with van der Waals surface area (Å²) < 4.78 is 35.6. The highest BCUT2D eigenvalue weighted by Gasteiger charge is 2.16. The number of benzene rings is 1. The molecule has 4 rings (SSSR count). The Morgan fingerprint density at radius 3 is 0.970 bits per heavy atom. The molecule has 6 nitrogen and oxygen atoms in total. The summed E-state index contributed by atoms with van der Waals surface area (Å²) in [5.74, 6) is 2.02. The summed E-state index contributed by atoms with van der Waals surface area (Å²) in [4.78, 5) is 0. The van der Waals surface area contributed by atoms with Crippen LogP contribution in [-0.4, -0.2) is 38.7 Å². The van der Waals surface area contributed by atoms with Crippen molar-refractivity contribution in [3.8, 4) is 17.2 Å². The van der Waals surface area contributed by atoms with Gasteiger partial charge in [-0.15, -0.1) is 0 Å². The van der Waals surface area contributed by atoms with Gasteiger partial charge in [0.2, 0.25) is 0 Å². The normalized spacial score (nSPS) is 21.1. The fourth-order valence-electron chi connectivity index (χ4n) is 5.09. The highest BCUT2D eigenvalue weighted by Crippen LogP contribution is 2.30. The molecule has 6 heteroatoms. The number of hydrogen-bond donors (Lipinski definition) is 0. The van der Waals surface area contributed by atoms with Gasteiger partial charge in [0.15, 0.2) is 20.4 Å². The lowest BCUT2D eigenvalue weighted by atomic mass is 9.98. The van der Waals surface area contributed by atoms with Crippen LogP contribution in [-0.2, 0) is 14.2 Å². The molecule has 3 aliphatic rings. The smallest absolute Gasteiger partial charge is 0.189 e. The van der Waals surface area contributed by atoms with E-state index in [2.05, 4.69) is 0 Å². The van der Waals surface area contributed by atoms with Gasteiger partial charge in [0.1, 0.15) is 17.2 Å². The van der Waals surface area contributed by atoms with Crippen molar-refractivity contribution in [3.63, 3.8) is 0 Å². The van der Waals surface area contributed by atoms with Crippen LogP contribution in [0.3, 0.4) is 0 Å².